The van der Waals surface area contributed by atoms with E-state index in [1.54, 1.807) is 0 Å². The van der Waals surface area contributed by atoms with Gasteiger partial charge in [-0.25, -0.2) is 0 Å². The molecule has 0 fully saturated rings. The van der Waals surface area contributed by atoms with E-state index in [2.05, 4.69) is 57.2 Å². The maximum atomic E-state index is 12.8. The third-order valence-corrected chi connectivity index (χ3v) is 12.6. The summed E-state index contributed by atoms with van der Waals surface area (Å²) in [6.07, 6.45) is 64.3. The first kappa shape index (κ1) is 62.6. The molecule has 0 amide bonds. The Labute approximate surface area is 404 Å². The number of ether oxygens (including phenoxy) is 3. The molecule has 0 radical (unpaired) electrons. The summed E-state index contributed by atoms with van der Waals surface area (Å²) in [6.45, 7) is 6.62. The standard InChI is InChI=1S/C59H108O6/c1-4-7-10-13-16-19-21-23-25-27-28-29-30-31-32-33-35-36-38-40-43-46-49-52-58(61)64-55-56(54-63-57(60)51-48-45-42-18-15-12-9-6-3)65-59(62)53-50-47-44-41-39-37-34-26-24-22-20-17-14-11-8-5-2/h21,23,26-28,34,56H,4-20,22,24-25,29-33,35-55H2,1-3H3/b23-21-,28-27-,34-26-. The molecule has 1 unspecified atom stereocenters. The van der Waals surface area contributed by atoms with Gasteiger partial charge in [0.05, 0.1) is 0 Å². The minimum absolute atomic E-state index is 0.0733. The first-order valence-electron chi connectivity index (χ1n) is 28.5. The van der Waals surface area contributed by atoms with Gasteiger partial charge in [0.25, 0.3) is 0 Å². The zero-order valence-corrected chi connectivity index (χ0v) is 43.5. The Kier molecular flexibility index (Phi) is 52.3. The van der Waals surface area contributed by atoms with Crippen LogP contribution in [0.2, 0.25) is 0 Å². The van der Waals surface area contributed by atoms with Crippen LogP contribution >= 0.6 is 0 Å². The minimum Gasteiger partial charge on any atom is -0.462 e. The second-order valence-electron chi connectivity index (χ2n) is 19.2. The van der Waals surface area contributed by atoms with Crippen molar-refractivity contribution in [3.8, 4) is 0 Å². The Hall–Kier alpha value is -2.37. The molecule has 6 heteroatoms. The highest BCUT2D eigenvalue weighted by Gasteiger charge is 2.19. The monoisotopic (exact) mass is 913 g/mol. The number of esters is 3. The molecule has 0 aromatic carbocycles. The van der Waals surface area contributed by atoms with Gasteiger partial charge in [-0.2, -0.15) is 0 Å². The van der Waals surface area contributed by atoms with E-state index in [1.807, 2.05) is 0 Å². The smallest absolute Gasteiger partial charge is 0.306 e. The van der Waals surface area contributed by atoms with Crippen LogP contribution < -0.4 is 0 Å². The molecule has 380 valence electrons. The van der Waals surface area contributed by atoms with Crippen molar-refractivity contribution in [1.29, 1.82) is 0 Å². The Morgan fingerprint density at radius 3 is 0.862 bits per heavy atom. The lowest BCUT2D eigenvalue weighted by atomic mass is 10.0. The molecular weight excluding hydrogens is 805 g/mol. The first-order valence-corrected chi connectivity index (χ1v) is 28.5. The van der Waals surface area contributed by atoms with Crippen molar-refractivity contribution < 1.29 is 28.6 Å². The normalized spacial score (nSPS) is 12.2. The first-order chi connectivity index (χ1) is 32.0. The highest BCUT2D eigenvalue weighted by atomic mass is 16.6. The van der Waals surface area contributed by atoms with Crippen molar-refractivity contribution in [2.75, 3.05) is 13.2 Å². The predicted octanol–water partition coefficient (Wildman–Crippen LogP) is 18.9. The highest BCUT2D eigenvalue weighted by molar-refractivity contribution is 5.71. The molecule has 0 saturated carbocycles. The molecule has 0 spiro atoms. The molecule has 0 saturated heterocycles. The summed E-state index contributed by atoms with van der Waals surface area (Å²) < 4.78 is 16.8. The van der Waals surface area contributed by atoms with Gasteiger partial charge >= 0.3 is 17.9 Å². The van der Waals surface area contributed by atoms with E-state index in [4.69, 9.17) is 14.2 Å². The topological polar surface area (TPSA) is 78.9 Å². The van der Waals surface area contributed by atoms with E-state index in [0.29, 0.717) is 19.3 Å². The number of carbonyl (C=O) groups is 3. The van der Waals surface area contributed by atoms with Crippen LogP contribution in [-0.4, -0.2) is 37.2 Å². The van der Waals surface area contributed by atoms with Crippen molar-refractivity contribution in [3.05, 3.63) is 36.5 Å². The van der Waals surface area contributed by atoms with Gasteiger partial charge in [-0.15, -0.1) is 0 Å². The summed E-state index contributed by atoms with van der Waals surface area (Å²) in [6, 6.07) is 0. The summed E-state index contributed by atoms with van der Waals surface area (Å²) in [5.74, 6) is -0.875. The molecule has 6 nitrogen and oxygen atoms in total. The van der Waals surface area contributed by atoms with E-state index in [-0.39, 0.29) is 31.1 Å². The summed E-state index contributed by atoms with van der Waals surface area (Å²) in [7, 11) is 0. The molecule has 0 rings (SSSR count). The third-order valence-electron chi connectivity index (χ3n) is 12.6. The molecule has 0 aromatic rings. The van der Waals surface area contributed by atoms with Gasteiger partial charge in [0.15, 0.2) is 6.10 Å². The molecule has 0 aliphatic carbocycles. The fraction of sp³-hybridized carbons (Fsp3) is 0.847. The molecule has 0 N–H and O–H groups in total. The van der Waals surface area contributed by atoms with Crippen LogP contribution in [0.25, 0.3) is 0 Å². The second kappa shape index (κ2) is 54.2. The van der Waals surface area contributed by atoms with Crippen LogP contribution in [0.5, 0.6) is 0 Å². The molecule has 0 heterocycles. The van der Waals surface area contributed by atoms with Crippen molar-refractivity contribution >= 4 is 17.9 Å². The Morgan fingerprint density at radius 1 is 0.308 bits per heavy atom. The molecule has 0 aliphatic heterocycles. The Balaban J connectivity index is 4.20. The minimum atomic E-state index is -0.773. The fourth-order valence-corrected chi connectivity index (χ4v) is 8.29. The Bertz CT molecular complexity index is 1090. The van der Waals surface area contributed by atoms with E-state index in [9.17, 15) is 14.4 Å². The van der Waals surface area contributed by atoms with Gasteiger partial charge in [-0.1, -0.05) is 243 Å². The SMILES string of the molecule is CCCCCCC/C=C\C/C=C\CCCCCCCCCCCCCC(=O)OCC(COC(=O)CCCCCCCCCC)OC(=O)CCCCCCC/C=C\CCCCCCCCC. The lowest BCUT2D eigenvalue weighted by Crippen LogP contribution is -2.30. The second-order valence-corrected chi connectivity index (χ2v) is 19.2. The molecule has 0 aliphatic rings. The highest BCUT2D eigenvalue weighted by Crippen LogP contribution is 2.16. The number of allylic oxidation sites excluding steroid dienone is 6. The van der Waals surface area contributed by atoms with Crippen molar-refractivity contribution in [3.63, 3.8) is 0 Å². The van der Waals surface area contributed by atoms with Crippen LogP contribution in [0.15, 0.2) is 36.5 Å². The fourth-order valence-electron chi connectivity index (χ4n) is 8.29. The van der Waals surface area contributed by atoms with Gasteiger partial charge in [-0.05, 0) is 77.0 Å². The summed E-state index contributed by atoms with van der Waals surface area (Å²) in [4.78, 5) is 38.0. The summed E-state index contributed by atoms with van der Waals surface area (Å²) >= 11 is 0. The zero-order chi connectivity index (χ0) is 47.2. The third kappa shape index (κ3) is 52.5. The molecular formula is C59H108O6. The van der Waals surface area contributed by atoms with Crippen molar-refractivity contribution in [2.45, 2.75) is 309 Å². The number of hydrogen-bond donors (Lipinski definition) is 0. The van der Waals surface area contributed by atoms with Gasteiger partial charge in [-0.3, -0.25) is 14.4 Å². The average Bonchev–Trinajstić information content (AvgIpc) is 3.30. The van der Waals surface area contributed by atoms with Crippen LogP contribution in [-0.2, 0) is 28.6 Å². The maximum Gasteiger partial charge on any atom is 0.306 e. The van der Waals surface area contributed by atoms with Crippen LogP contribution in [0.3, 0.4) is 0 Å². The van der Waals surface area contributed by atoms with Crippen LogP contribution in [0.4, 0.5) is 0 Å². The Morgan fingerprint density at radius 2 is 0.554 bits per heavy atom. The molecule has 0 bridgehead atoms. The van der Waals surface area contributed by atoms with E-state index in [0.717, 1.165) is 70.6 Å². The van der Waals surface area contributed by atoms with Gasteiger partial charge < -0.3 is 14.2 Å². The molecule has 65 heavy (non-hydrogen) atoms. The molecule has 0 aromatic heterocycles. The summed E-state index contributed by atoms with van der Waals surface area (Å²) in [5, 5.41) is 0. The van der Waals surface area contributed by atoms with Crippen LogP contribution in [0.1, 0.15) is 303 Å². The lowest BCUT2D eigenvalue weighted by Gasteiger charge is -2.18. The quantitative estimate of drug-likeness (QED) is 0.0262. The van der Waals surface area contributed by atoms with E-state index >= 15 is 0 Å². The van der Waals surface area contributed by atoms with Gasteiger partial charge in [0.1, 0.15) is 13.2 Å². The van der Waals surface area contributed by atoms with Gasteiger partial charge in [0, 0.05) is 19.3 Å². The average molecular weight is 914 g/mol. The van der Waals surface area contributed by atoms with Crippen molar-refractivity contribution in [1.82, 2.24) is 0 Å². The maximum absolute atomic E-state index is 12.8. The van der Waals surface area contributed by atoms with Crippen LogP contribution in [0, 0.1) is 0 Å². The van der Waals surface area contributed by atoms with Crippen molar-refractivity contribution in [2.24, 2.45) is 0 Å². The van der Waals surface area contributed by atoms with Gasteiger partial charge in [0.2, 0.25) is 0 Å². The zero-order valence-electron chi connectivity index (χ0n) is 43.5. The van der Waals surface area contributed by atoms with E-state index in [1.165, 1.54) is 193 Å². The number of hydrogen-bond acceptors (Lipinski definition) is 6. The molecule has 1 atom stereocenters. The largest absolute Gasteiger partial charge is 0.462 e. The summed E-state index contributed by atoms with van der Waals surface area (Å²) in [5.41, 5.74) is 0. The predicted molar refractivity (Wildman–Crippen MR) is 279 cm³/mol. The number of unbranched alkanes of at least 4 members (excludes halogenated alkanes) is 35. The van der Waals surface area contributed by atoms with E-state index < -0.39 is 6.10 Å². The number of carbonyl (C=O) groups excluding carboxylic acids is 3. The lowest BCUT2D eigenvalue weighted by molar-refractivity contribution is -0.167. The number of rotatable bonds is 52.